The fourth-order valence-electron chi connectivity index (χ4n) is 3.34. The Labute approximate surface area is 191 Å². The van der Waals surface area contributed by atoms with Gasteiger partial charge in [0.2, 0.25) is 11.8 Å². The monoisotopic (exact) mass is 452 g/mol. The van der Waals surface area contributed by atoms with Crippen molar-refractivity contribution in [2.75, 3.05) is 10.6 Å². The molecule has 0 fully saturated rings. The average Bonchev–Trinajstić information content (AvgIpc) is 2.74. The number of rotatable bonds is 6. The van der Waals surface area contributed by atoms with Crippen LogP contribution in [0.15, 0.2) is 53.3 Å². The number of carbonyl (C=O) groups excluding carboxylic acids is 2. The minimum atomic E-state index is -0.805. The Kier molecular flexibility index (Phi) is 7.10. The first-order chi connectivity index (χ1) is 15.2. The van der Waals surface area contributed by atoms with E-state index in [2.05, 4.69) is 15.7 Å². The van der Waals surface area contributed by atoms with Crippen LogP contribution in [-0.2, 0) is 9.59 Å². The fraction of sp³-hybridized carbons (Fsp3) is 0.250. The second-order valence-electron chi connectivity index (χ2n) is 7.54. The lowest BCUT2D eigenvalue weighted by atomic mass is 10.1. The van der Waals surface area contributed by atoms with Gasteiger partial charge in [-0.05, 0) is 55.7 Å². The minimum absolute atomic E-state index is 0.179. The molecule has 7 nitrogen and oxygen atoms in total. The lowest BCUT2D eigenvalue weighted by Gasteiger charge is -2.19. The third kappa shape index (κ3) is 5.06. The molecule has 0 spiro atoms. The van der Waals surface area contributed by atoms with Crippen molar-refractivity contribution in [1.82, 2.24) is 9.78 Å². The van der Waals surface area contributed by atoms with Crippen LogP contribution in [0.25, 0.3) is 11.3 Å². The Hall–Kier alpha value is -3.45. The van der Waals surface area contributed by atoms with E-state index in [4.69, 9.17) is 11.6 Å². The van der Waals surface area contributed by atoms with Crippen LogP contribution >= 0.6 is 11.6 Å². The number of aromatic nitrogens is 2. The van der Waals surface area contributed by atoms with Gasteiger partial charge in [0.15, 0.2) is 0 Å². The summed E-state index contributed by atoms with van der Waals surface area (Å²) in [5.41, 5.74) is 3.75. The molecule has 2 amide bonds. The molecule has 8 heteroatoms. The topological polar surface area (TPSA) is 93.1 Å². The molecular formula is C24H25ClN4O3. The summed E-state index contributed by atoms with van der Waals surface area (Å²) in [6.45, 7) is 6.96. The number of nitrogens with one attached hydrogen (secondary N) is 2. The first-order valence-corrected chi connectivity index (χ1v) is 10.6. The summed E-state index contributed by atoms with van der Waals surface area (Å²) >= 11 is 6.15. The zero-order chi connectivity index (χ0) is 23.4. The Morgan fingerprint density at radius 3 is 2.50 bits per heavy atom. The molecule has 3 aromatic rings. The molecule has 32 heavy (non-hydrogen) atoms. The van der Waals surface area contributed by atoms with Crippen molar-refractivity contribution in [2.45, 2.75) is 40.2 Å². The second kappa shape index (κ2) is 9.78. The van der Waals surface area contributed by atoms with Gasteiger partial charge in [0, 0.05) is 35.0 Å². The minimum Gasteiger partial charge on any atom is -0.326 e. The first-order valence-electron chi connectivity index (χ1n) is 10.3. The molecule has 0 unspecified atom stereocenters. The van der Waals surface area contributed by atoms with Crippen LogP contribution in [0.4, 0.5) is 11.4 Å². The molecule has 2 aromatic carbocycles. The van der Waals surface area contributed by atoms with Crippen LogP contribution in [0.1, 0.15) is 37.4 Å². The summed E-state index contributed by atoms with van der Waals surface area (Å²) in [5.74, 6) is -0.533. The summed E-state index contributed by atoms with van der Waals surface area (Å²) in [6, 6.07) is 13.0. The van der Waals surface area contributed by atoms with E-state index in [0.717, 1.165) is 11.1 Å². The van der Waals surface area contributed by atoms with Crippen molar-refractivity contribution in [3.63, 3.8) is 0 Å². The molecule has 0 aliphatic heterocycles. The van der Waals surface area contributed by atoms with Crippen LogP contribution in [0.2, 0.25) is 5.02 Å². The molecule has 3 rings (SSSR count). The van der Waals surface area contributed by atoms with Crippen molar-refractivity contribution in [3.05, 3.63) is 75.0 Å². The molecule has 0 bridgehead atoms. The maximum absolute atomic E-state index is 13.0. The quantitative estimate of drug-likeness (QED) is 0.565. The number of hydrogen-bond acceptors (Lipinski definition) is 4. The number of carbonyl (C=O) groups is 2. The van der Waals surface area contributed by atoms with Crippen molar-refractivity contribution in [1.29, 1.82) is 0 Å². The highest BCUT2D eigenvalue weighted by Gasteiger charge is 2.22. The first kappa shape index (κ1) is 23.2. The van der Waals surface area contributed by atoms with Gasteiger partial charge in [-0.25, -0.2) is 4.68 Å². The van der Waals surface area contributed by atoms with E-state index in [1.165, 1.54) is 17.7 Å². The zero-order valence-electron chi connectivity index (χ0n) is 18.4. The van der Waals surface area contributed by atoms with Crippen molar-refractivity contribution in [2.24, 2.45) is 0 Å². The number of nitrogens with zero attached hydrogens (tertiary/aromatic N) is 2. The van der Waals surface area contributed by atoms with Gasteiger partial charge in [0.25, 0.3) is 5.56 Å². The van der Waals surface area contributed by atoms with Crippen molar-refractivity contribution < 1.29 is 9.59 Å². The Bertz CT molecular complexity index is 1240. The summed E-state index contributed by atoms with van der Waals surface area (Å²) in [4.78, 5) is 37.1. The summed E-state index contributed by atoms with van der Waals surface area (Å²) in [7, 11) is 0. The number of halogens is 1. The molecule has 0 aliphatic rings. The van der Waals surface area contributed by atoms with Gasteiger partial charge in [-0.3, -0.25) is 14.4 Å². The lowest BCUT2D eigenvalue weighted by molar-refractivity contribution is -0.119. The standard InChI is InChI=1S/C24H25ClN4O3/c1-5-22(24(32)27-19-8-6-7-18(25)15(19)3)29-23(31)12-11-20(28-29)17-10-9-14(2)21(13-17)26-16(4)30/h6-13,22H,5H2,1-4H3,(H,26,30)(H,27,32)/t22-/m1/s1. The van der Waals surface area contributed by atoms with Crippen molar-refractivity contribution in [3.8, 4) is 11.3 Å². The van der Waals surface area contributed by atoms with Gasteiger partial charge in [0.1, 0.15) is 6.04 Å². The van der Waals surface area contributed by atoms with Gasteiger partial charge in [0.05, 0.1) is 5.69 Å². The van der Waals surface area contributed by atoms with Crippen molar-refractivity contribution >= 4 is 34.8 Å². The van der Waals surface area contributed by atoms with Crippen LogP contribution < -0.4 is 16.2 Å². The summed E-state index contributed by atoms with van der Waals surface area (Å²) < 4.78 is 1.20. The number of anilines is 2. The Morgan fingerprint density at radius 2 is 1.81 bits per heavy atom. The predicted octanol–water partition coefficient (Wildman–Crippen LogP) is 4.73. The maximum Gasteiger partial charge on any atom is 0.267 e. The van der Waals surface area contributed by atoms with Gasteiger partial charge < -0.3 is 10.6 Å². The highest BCUT2D eigenvalue weighted by Crippen LogP contribution is 2.26. The normalized spacial score (nSPS) is 11.7. The van der Waals surface area contributed by atoms with Crippen LogP contribution in [0, 0.1) is 13.8 Å². The van der Waals surface area contributed by atoms with E-state index in [0.29, 0.717) is 34.1 Å². The molecule has 0 radical (unpaired) electrons. The third-order valence-electron chi connectivity index (χ3n) is 5.18. The zero-order valence-corrected chi connectivity index (χ0v) is 19.2. The molecule has 0 saturated heterocycles. The van der Waals surface area contributed by atoms with E-state index in [1.54, 1.807) is 30.3 Å². The Balaban J connectivity index is 1.96. The number of benzene rings is 2. The number of hydrogen-bond donors (Lipinski definition) is 2. The third-order valence-corrected chi connectivity index (χ3v) is 5.59. The Morgan fingerprint density at radius 1 is 1.06 bits per heavy atom. The smallest absolute Gasteiger partial charge is 0.267 e. The van der Waals surface area contributed by atoms with E-state index in [1.807, 2.05) is 32.9 Å². The average molecular weight is 453 g/mol. The molecule has 0 aliphatic carbocycles. The SMILES string of the molecule is CC[C@H](C(=O)Nc1cccc(Cl)c1C)n1nc(-c2ccc(C)c(NC(C)=O)c2)ccc1=O. The summed E-state index contributed by atoms with van der Waals surface area (Å²) in [5, 5.41) is 10.7. The predicted molar refractivity (Wildman–Crippen MR) is 127 cm³/mol. The molecule has 1 atom stereocenters. The van der Waals surface area contributed by atoms with E-state index >= 15 is 0 Å². The summed E-state index contributed by atoms with van der Waals surface area (Å²) in [6.07, 6.45) is 0.368. The van der Waals surface area contributed by atoms with Gasteiger partial charge in [-0.1, -0.05) is 36.7 Å². The molecule has 1 aromatic heterocycles. The number of aryl methyl sites for hydroxylation is 1. The lowest BCUT2D eigenvalue weighted by Crippen LogP contribution is -2.34. The maximum atomic E-state index is 13.0. The van der Waals surface area contributed by atoms with E-state index in [9.17, 15) is 14.4 Å². The molecule has 1 heterocycles. The van der Waals surface area contributed by atoms with E-state index < -0.39 is 6.04 Å². The van der Waals surface area contributed by atoms with Gasteiger partial charge in [-0.2, -0.15) is 5.10 Å². The highest BCUT2D eigenvalue weighted by molar-refractivity contribution is 6.31. The molecular weight excluding hydrogens is 428 g/mol. The molecule has 166 valence electrons. The highest BCUT2D eigenvalue weighted by atomic mass is 35.5. The number of amides is 2. The van der Waals surface area contributed by atoms with Gasteiger partial charge in [-0.15, -0.1) is 0 Å². The van der Waals surface area contributed by atoms with Gasteiger partial charge >= 0.3 is 0 Å². The molecule has 2 N–H and O–H groups in total. The fourth-order valence-corrected chi connectivity index (χ4v) is 3.51. The van der Waals surface area contributed by atoms with Crippen LogP contribution in [-0.4, -0.2) is 21.6 Å². The van der Waals surface area contributed by atoms with Crippen LogP contribution in [0.3, 0.4) is 0 Å². The largest absolute Gasteiger partial charge is 0.326 e. The second-order valence-corrected chi connectivity index (χ2v) is 7.95. The van der Waals surface area contributed by atoms with E-state index in [-0.39, 0.29) is 17.4 Å². The van der Waals surface area contributed by atoms with Crippen LogP contribution in [0.5, 0.6) is 0 Å². The molecule has 0 saturated carbocycles.